The zero-order valence-corrected chi connectivity index (χ0v) is 17.3. The summed E-state index contributed by atoms with van der Waals surface area (Å²) in [4.78, 5) is 23.6. The predicted molar refractivity (Wildman–Crippen MR) is 118 cm³/mol. The Hall–Kier alpha value is -2.70. The second-order valence-corrected chi connectivity index (χ2v) is 8.01. The van der Waals surface area contributed by atoms with Crippen molar-refractivity contribution >= 4 is 34.4 Å². The molecule has 6 nitrogen and oxygen atoms in total. The lowest BCUT2D eigenvalue weighted by Crippen LogP contribution is -2.25. The molecule has 1 saturated carbocycles. The van der Waals surface area contributed by atoms with Gasteiger partial charge in [0.1, 0.15) is 0 Å². The van der Waals surface area contributed by atoms with Crippen molar-refractivity contribution < 1.29 is 4.79 Å². The van der Waals surface area contributed by atoms with E-state index in [0.29, 0.717) is 22.6 Å². The van der Waals surface area contributed by atoms with Crippen molar-refractivity contribution in [3.05, 3.63) is 53.2 Å². The Morgan fingerprint density at radius 1 is 1.21 bits per heavy atom. The Morgan fingerprint density at radius 3 is 2.79 bits per heavy atom. The number of anilines is 1. The fraction of sp³-hybridized carbons (Fsp3) is 0.318. The van der Waals surface area contributed by atoms with Gasteiger partial charge in [-0.05, 0) is 56.8 Å². The van der Waals surface area contributed by atoms with Crippen LogP contribution in [0.15, 0.2) is 42.6 Å². The summed E-state index contributed by atoms with van der Waals surface area (Å²) in [6.07, 6.45) is 3.92. The monoisotopic (exact) mass is 409 g/mol. The number of likely N-dealkylation sites (N-methyl/N-ethyl adjacent to an activating group) is 1. The molecule has 1 aliphatic carbocycles. The highest BCUT2D eigenvalue weighted by molar-refractivity contribution is 6.34. The van der Waals surface area contributed by atoms with Crippen molar-refractivity contribution in [2.24, 2.45) is 0 Å². The maximum atomic E-state index is 12.5. The number of benzene rings is 2. The number of nitrogens with zero attached hydrogens (tertiary/aromatic N) is 3. The summed E-state index contributed by atoms with van der Waals surface area (Å²) in [7, 11) is 4.05. The molecule has 4 rings (SSSR count). The third kappa shape index (κ3) is 4.66. The molecule has 1 amide bonds. The first-order valence-corrected chi connectivity index (χ1v) is 10.1. The molecule has 2 aromatic carbocycles. The largest absolute Gasteiger partial charge is 0.353 e. The zero-order valence-electron chi connectivity index (χ0n) is 16.6. The summed E-state index contributed by atoms with van der Waals surface area (Å²) in [6.45, 7) is 1.66. The van der Waals surface area contributed by atoms with Crippen LogP contribution in [0.2, 0.25) is 5.02 Å². The summed E-state index contributed by atoms with van der Waals surface area (Å²) in [5.74, 6) is 0.537. The summed E-state index contributed by atoms with van der Waals surface area (Å²) < 4.78 is 0. The average Bonchev–Trinajstić information content (AvgIpc) is 3.51. The number of fused-ring (bicyclic) bond motifs is 1. The molecule has 0 saturated heterocycles. The normalized spacial score (nSPS) is 13.7. The van der Waals surface area contributed by atoms with Gasteiger partial charge >= 0.3 is 0 Å². The Morgan fingerprint density at radius 2 is 2.03 bits per heavy atom. The van der Waals surface area contributed by atoms with Crippen LogP contribution in [0.4, 0.5) is 5.95 Å². The maximum Gasteiger partial charge on any atom is 0.251 e. The number of hydrogen-bond donors (Lipinski definition) is 2. The van der Waals surface area contributed by atoms with Gasteiger partial charge in [0.25, 0.3) is 5.91 Å². The highest BCUT2D eigenvalue weighted by Crippen LogP contribution is 2.34. The highest BCUT2D eigenvalue weighted by atomic mass is 35.5. The van der Waals surface area contributed by atoms with Crippen molar-refractivity contribution in [2.75, 3.05) is 32.5 Å². The molecule has 7 heteroatoms. The highest BCUT2D eigenvalue weighted by Gasteiger charge is 2.24. The van der Waals surface area contributed by atoms with E-state index in [4.69, 9.17) is 11.6 Å². The second-order valence-electron chi connectivity index (χ2n) is 7.60. The lowest BCUT2D eigenvalue weighted by atomic mass is 9.99. The van der Waals surface area contributed by atoms with Gasteiger partial charge in [-0.25, -0.2) is 9.97 Å². The van der Waals surface area contributed by atoms with Crippen LogP contribution in [-0.2, 0) is 0 Å². The van der Waals surface area contributed by atoms with E-state index in [1.165, 1.54) is 0 Å². The van der Waals surface area contributed by atoms with Crippen molar-refractivity contribution in [1.29, 1.82) is 0 Å². The molecule has 0 aliphatic heterocycles. The third-order valence-electron chi connectivity index (χ3n) is 4.90. The number of halogens is 1. The molecule has 0 atom stereocenters. The number of nitrogens with one attached hydrogen (secondary N) is 2. The molecule has 150 valence electrons. The van der Waals surface area contributed by atoms with Crippen LogP contribution in [0.25, 0.3) is 22.0 Å². The van der Waals surface area contributed by atoms with Crippen molar-refractivity contribution in [3.8, 4) is 11.1 Å². The Balaban J connectivity index is 1.65. The van der Waals surface area contributed by atoms with Crippen LogP contribution in [0.3, 0.4) is 0 Å². The molecule has 1 aromatic heterocycles. The smallest absolute Gasteiger partial charge is 0.251 e. The maximum absolute atomic E-state index is 12.5. The van der Waals surface area contributed by atoms with E-state index in [1.54, 1.807) is 12.1 Å². The van der Waals surface area contributed by atoms with Crippen LogP contribution in [0, 0.1) is 0 Å². The quantitative estimate of drug-likeness (QED) is 0.620. The van der Waals surface area contributed by atoms with E-state index in [0.717, 1.165) is 48.0 Å². The minimum atomic E-state index is -0.0609. The number of carbonyl (C=O) groups is 1. The molecule has 0 radical (unpaired) electrons. The van der Waals surface area contributed by atoms with Crippen molar-refractivity contribution in [2.45, 2.75) is 18.9 Å². The van der Waals surface area contributed by atoms with Crippen molar-refractivity contribution in [1.82, 2.24) is 20.2 Å². The van der Waals surface area contributed by atoms with E-state index in [9.17, 15) is 4.79 Å². The molecule has 3 aromatic rings. The lowest BCUT2D eigenvalue weighted by Gasteiger charge is -2.12. The molecule has 1 aliphatic rings. The number of rotatable bonds is 7. The lowest BCUT2D eigenvalue weighted by molar-refractivity contribution is 0.0951. The fourth-order valence-electron chi connectivity index (χ4n) is 3.14. The second kappa shape index (κ2) is 8.35. The van der Waals surface area contributed by atoms with Gasteiger partial charge in [0, 0.05) is 46.9 Å². The summed E-state index contributed by atoms with van der Waals surface area (Å²) in [6, 6.07) is 11.6. The first kappa shape index (κ1) is 19.6. The van der Waals surface area contributed by atoms with Gasteiger partial charge in [-0.15, -0.1) is 0 Å². The number of aromatic nitrogens is 2. The van der Waals surface area contributed by atoms with Gasteiger partial charge in [0.15, 0.2) is 0 Å². The number of carbonyl (C=O) groups excluding carboxylic acids is 1. The molecule has 2 N–H and O–H groups in total. The molecule has 0 spiro atoms. The van der Waals surface area contributed by atoms with E-state index in [2.05, 4.69) is 25.5 Å². The standard InChI is InChI=1S/C22H24ClN5O/c1-28(2)11-10-24-22-25-13-18-16(4-3-5-20(18)27-22)17-12-14(6-9-19(17)23)21(29)26-15-7-8-15/h3-6,9,12-13,15H,7-8,10-11H2,1-2H3,(H,26,29)(H,24,25,27). The van der Waals surface area contributed by atoms with Gasteiger partial charge in [0.2, 0.25) is 5.95 Å². The predicted octanol–water partition coefficient (Wildman–Crippen LogP) is 3.82. The first-order valence-electron chi connectivity index (χ1n) is 9.76. The van der Waals surface area contributed by atoms with Crippen LogP contribution >= 0.6 is 11.6 Å². The molecule has 1 heterocycles. The zero-order chi connectivity index (χ0) is 20.4. The molecular formula is C22H24ClN5O. The van der Waals surface area contributed by atoms with E-state index in [1.807, 2.05) is 44.6 Å². The molecule has 0 unspecified atom stereocenters. The number of amides is 1. The Bertz CT molecular complexity index is 1050. The Kier molecular flexibility index (Phi) is 5.65. The van der Waals surface area contributed by atoms with Gasteiger partial charge in [0.05, 0.1) is 5.52 Å². The summed E-state index contributed by atoms with van der Waals surface area (Å²) >= 11 is 6.49. The molecule has 0 bridgehead atoms. The summed E-state index contributed by atoms with van der Waals surface area (Å²) in [5.41, 5.74) is 3.15. The van der Waals surface area contributed by atoms with Gasteiger partial charge in [-0.1, -0.05) is 23.7 Å². The van der Waals surface area contributed by atoms with E-state index < -0.39 is 0 Å². The minimum Gasteiger partial charge on any atom is -0.353 e. The van der Waals surface area contributed by atoms with E-state index in [-0.39, 0.29) is 5.91 Å². The van der Waals surface area contributed by atoms with Crippen LogP contribution in [0.5, 0.6) is 0 Å². The van der Waals surface area contributed by atoms with E-state index >= 15 is 0 Å². The van der Waals surface area contributed by atoms with Crippen LogP contribution in [0.1, 0.15) is 23.2 Å². The summed E-state index contributed by atoms with van der Waals surface area (Å²) in [5, 5.41) is 7.75. The molecule has 29 heavy (non-hydrogen) atoms. The van der Waals surface area contributed by atoms with Crippen LogP contribution in [-0.4, -0.2) is 54.0 Å². The minimum absolute atomic E-state index is 0.0609. The topological polar surface area (TPSA) is 70.2 Å². The number of hydrogen-bond acceptors (Lipinski definition) is 5. The third-order valence-corrected chi connectivity index (χ3v) is 5.23. The van der Waals surface area contributed by atoms with Crippen molar-refractivity contribution in [3.63, 3.8) is 0 Å². The van der Waals surface area contributed by atoms with Gasteiger partial charge < -0.3 is 15.5 Å². The van der Waals surface area contributed by atoms with Crippen LogP contribution < -0.4 is 10.6 Å². The fourth-order valence-corrected chi connectivity index (χ4v) is 3.35. The van der Waals surface area contributed by atoms with Gasteiger partial charge in [-0.2, -0.15) is 0 Å². The van der Waals surface area contributed by atoms with Gasteiger partial charge in [-0.3, -0.25) is 4.79 Å². The first-order chi connectivity index (χ1) is 14.0. The Labute approximate surface area is 175 Å². The molecular weight excluding hydrogens is 386 g/mol. The molecule has 1 fully saturated rings. The average molecular weight is 410 g/mol. The SMILES string of the molecule is CN(C)CCNc1ncc2c(-c3cc(C(=O)NC4CC4)ccc3Cl)cccc2n1.